The molecule has 0 aliphatic carbocycles. The van der Waals surface area contributed by atoms with Gasteiger partial charge < -0.3 is 39.5 Å². The van der Waals surface area contributed by atoms with Crippen LogP contribution in [0.2, 0.25) is 0 Å². The lowest BCUT2D eigenvalue weighted by atomic mass is 10.1. The Kier molecular flexibility index (Phi) is 7.74. The van der Waals surface area contributed by atoms with E-state index in [0.29, 0.717) is 40.0 Å². The first-order chi connectivity index (χ1) is 25.0. The van der Waals surface area contributed by atoms with Gasteiger partial charge in [0.2, 0.25) is 0 Å². The van der Waals surface area contributed by atoms with Crippen molar-refractivity contribution in [2.75, 3.05) is 30.0 Å². The number of aromatic nitrogens is 4. The van der Waals surface area contributed by atoms with E-state index in [1.165, 1.54) is 0 Å². The molecule has 0 saturated heterocycles. The first-order valence-corrected chi connectivity index (χ1v) is 16.9. The molecule has 2 aromatic heterocycles. The summed E-state index contributed by atoms with van der Waals surface area (Å²) in [4.78, 5) is 19.6. The van der Waals surface area contributed by atoms with E-state index in [9.17, 15) is 10.2 Å². The third kappa shape index (κ3) is 5.31. The minimum atomic E-state index is 0.0344. The quantitative estimate of drug-likeness (QED) is 0.0938. The number of fused-ring (bicyclic) bond motifs is 2. The molecule has 0 fully saturated rings. The normalized spacial score (nSPS) is 14.9. The van der Waals surface area contributed by atoms with Crippen LogP contribution in [0.15, 0.2) is 78.2 Å². The average molecular weight is 695 g/mol. The molecule has 0 unspecified atom stereocenters. The van der Waals surface area contributed by atoms with Crippen LogP contribution in [0.3, 0.4) is 0 Å². The maximum Gasteiger partial charge on any atom is 0.145 e. The number of nitrogens with zero attached hydrogens (tertiary/aromatic N) is 4. The summed E-state index contributed by atoms with van der Waals surface area (Å²) in [6.07, 6.45) is 0. The predicted molar refractivity (Wildman–Crippen MR) is 204 cm³/mol. The van der Waals surface area contributed by atoms with E-state index < -0.39 is 0 Å². The molecule has 12 heteroatoms. The number of aryl methyl sites for hydroxylation is 4. The molecule has 8 rings (SSSR count). The summed E-state index contributed by atoms with van der Waals surface area (Å²) in [6, 6.07) is 21.2. The third-order valence-corrected chi connectivity index (χ3v) is 9.91. The maximum atomic E-state index is 11.1. The number of aromatic amines is 2. The molecule has 2 aliphatic rings. The topological polar surface area (TPSA) is 170 Å². The fourth-order valence-corrected chi connectivity index (χ4v) is 7.03. The van der Waals surface area contributed by atoms with Crippen molar-refractivity contribution in [3.8, 4) is 11.5 Å². The van der Waals surface area contributed by atoms with Gasteiger partial charge >= 0.3 is 0 Å². The highest BCUT2D eigenvalue weighted by Gasteiger charge is 2.34. The van der Waals surface area contributed by atoms with Crippen LogP contribution < -0.4 is 19.3 Å². The fourth-order valence-electron chi connectivity index (χ4n) is 7.03. The Balaban J connectivity index is 1.02. The number of benzene rings is 4. The van der Waals surface area contributed by atoms with Gasteiger partial charge in [0.05, 0.1) is 59.1 Å². The van der Waals surface area contributed by atoms with Gasteiger partial charge in [-0.25, -0.2) is 9.97 Å². The highest BCUT2D eigenvalue weighted by molar-refractivity contribution is 6.31. The van der Waals surface area contributed by atoms with E-state index in [1.54, 1.807) is 35.1 Å². The Morgan fingerprint density at radius 2 is 1.38 bits per heavy atom. The van der Waals surface area contributed by atoms with Gasteiger partial charge in [-0.3, -0.25) is 10.8 Å². The number of hydrogen-bond donors (Lipinski definition) is 6. The molecule has 0 radical (unpaired) electrons. The minimum Gasteiger partial charge on any atom is -0.509 e. The predicted octanol–water partition coefficient (Wildman–Crippen LogP) is 7.79. The van der Waals surface area contributed by atoms with Crippen molar-refractivity contribution in [2.24, 2.45) is 0 Å². The summed E-state index contributed by atoms with van der Waals surface area (Å²) in [5.41, 5.74) is 10.2. The van der Waals surface area contributed by atoms with Gasteiger partial charge in [-0.2, -0.15) is 0 Å². The second-order valence-corrected chi connectivity index (χ2v) is 13.3. The molecular formula is C40H38N8O4. The molecule has 4 heterocycles. The van der Waals surface area contributed by atoms with Crippen molar-refractivity contribution in [2.45, 2.75) is 34.3 Å². The Bertz CT molecular complexity index is 2540. The van der Waals surface area contributed by atoms with Crippen molar-refractivity contribution in [3.05, 3.63) is 118 Å². The van der Waals surface area contributed by atoms with E-state index in [2.05, 4.69) is 9.97 Å². The number of methoxy groups -OCH3 is 1. The number of amidine groups is 2. The molecule has 4 aromatic carbocycles. The number of rotatable bonds is 8. The van der Waals surface area contributed by atoms with Crippen molar-refractivity contribution < 1.29 is 19.7 Å². The van der Waals surface area contributed by atoms with E-state index in [4.69, 9.17) is 30.3 Å². The summed E-state index contributed by atoms with van der Waals surface area (Å²) in [7, 11) is 1.57. The number of imidazole rings is 2. The van der Waals surface area contributed by atoms with Gasteiger partial charge in [-0.15, -0.1) is 0 Å². The molecule has 0 atom stereocenters. The lowest BCUT2D eigenvalue weighted by molar-refractivity contribution is 0.305. The minimum absolute atomic E-state index is 0.0344. The average Bonchev–Trinajstić information content (AvgIpc) is 3.89. The van der Waals surface area contributed by atoms with Crippen LogP contribution in [0.4, 0.5) is 11.4 Å². The smallest absolute Gasteiger partial charge is 0.145 e. The van der Waals surface area contributed by atoms with Crippen molar-refractivity contribution >= 4 is 56.3 Å². The monoisotopic (exact) mass is 694 g/mol. The van der Waals surface area contributed by atoms with Gasteiger partial charge in [-0.1, -0.05) is 30.3 Å². The van der Waals surface area contributed by atoms with Crippen molar-refractivity contribution in [1.82, 2.24) is 19.9 Å². The molecule has 12 nitrogen and oxygen atoms in total. The van der Waals surface area contributed by atoms with Crippen LogP contribution in [-0.2, 0) is 6.61 Å². The Labute approximate surface area is 299 Å². The zero-order chi connectivity index (χ0) is 36.4. The molecule has 0 spiro atoms. The standard InChI is InChI=1S/C40H38N8O4/c1-20-9-10-21(2)28(15-20)47-17-30(49)33(37(47)41)40-44-27-13-11-24(23(4)36(27)46-40)19-52-25-12-14-32(51-5)29(16-25)48-18-31(50)34(38(48)42)39-43-26-8-6-7-22(3)35(26)45-39/h6-16,41-42,49-50H,17-19H2,1-5H3,(H,43,45)(H,44,46). The van der Waals surface area contributed by atoms with Gasteiger partial charge in [0.25, 0.3) is 0 Å². The zero-order valence-corrected chi connectivity index (χ0v) is 29.5. The second-order valence-electron chi connectivity index (χ2n) is 13.3. The molecule has 52 heavy (non-hydrogen) atoms. The second kappa shape index (κ2) is 12.3. The van der Waals surface area contributed by atoms with Gasteiger partial charge in [0, 0.05) is 11.8 Å². The Hall–Kier alpha value is -6.56. The molecule has 2 aliphatic heterocycles. The maximum absolute atomic E-state index is 11.1. The summed E-state index contributed by atoms with van der Waals surface area (Å²) < 4.78 is 12.0. The molecule has 0 saturated carbocycles. The van der Waals surface area contributed by atoms with Crippen LogP contribution in [0, 0.1) is 38.5 Å². The van der Waals surface area contributed by atoms with E-state index >= 15 is 0 Å². The van der Waals surface area contributed by atoms with Crippen molar-refractivity contribution in [3.63, 3.8) is 0 Å². The number of anilines is 2. The number of H-pyrrole nitrogens is 2. The molecule has 6 N–H and O–H groups in total. The first kappa shape index (κ1) is 32.6. The largest absolute Gasteiger partial charge is 0.509 e. The lowest BCUT2D eigenvalue weighted by Crippen LogP contribution is -2.27. The number of para-hydroxylation sites is 1. The highest BCUT2D eigenvalue weighted by atomic mass is 16.5. The first-order valence-electron chi connectivity index (χ1n) is 16.9. The third-order valence-electron chi connectivity index (χ3n) is 9.91. The Morgan fingerprint density at radius 3 is 2.06 bits per heavy atom. The van der Waals surface area contributed by atoms with Gasteiger partial charge in [0.1, 0.15) is 52.9 Å². The zero-order valence-electron chi connectivity index (χ0n) is 29.5. The number of aliphatic hydroxyl groups excluding tert-OH is 2. The van der Waals surface area contributed by atoms with Crippen molar-refractivity contribution in [1.29, 1.82) is 10.8 Å². The van der Waals surface area contributed by atoms with Gasteiger partial charge in [-0.05, 0) is 85.8 Å². The van der Waals surface area contributed by atoms with Crippen LogP contribution in [0.1, 0.15) is 39.5 Å². The van der Waals surface area contributed by atoms with E-state index in [1.807, 2.05) is 76.2 Å². The van der Waals surface area contributed by atoms with Crippen LogP contribution >= 0.6 is 0 Å². The van der Waals surface area contributed by atoms with E-state index in [0.717, 1.165) is 55.6 Å². The fraction of sp³-hybridized carbons (Fsp3) is 0.200. The van der Waals surface area contributed by atoms with Crippen LogP contribution in [0.25, 0.3) is 33.2 Å². The molecule has 262 valence electrons. The van der Waals surface area contributed by atoms with E-state index in [-0.39, 0.29) is 42.9 Å². The number of ether oxygens (including phenoxy) is 2. The summed E-state index contributed by atoms with van der Waals surface area (Å²) in [5.74, 6) is 2.36. The summed E-state index contributed by atoms with van der Waals surface area (Å²) in [6.45, 7) is 8.48. The highest BCUT2D eigenvalue weighted by Crippen LogP contribution is 2.39. The SMILES string of the molecule is COc1ccc(OCc2ccc3[nH]c(C4=C(O)CN(c5cc(C)ccc5C)C4=N)nc3c2C)cc1N1CC(O)=C(c2nc3c(C)cccc3[nH]2)C1=N. The number of nitrogens with one attached hydrogen (secondary N) is 4. The van der Waals surface area contributed by atoms with Crippen LogP contribution in [-0.4, -0.2) is 62.0 Å². The molecule has 6 aromatic rings. The summed E-state index contributed by atoms with van der Waals surface area (Å²) >= 11 is 0. The molecule has 0 bridgehead atoms. The Morgan fingerprint density at radius 1 is 0.731 bits per heavy atom. The molecule has 0 amide bonds. The number of hydrogen-bond acceptors (Lipinski definition) is 8. The molecular weight excluding hydrogens is 656 g/mol. The number of aliphatic hydroxyl groups is 2. The van der Waals surface area contributed by atoms with Gasteiger partial charge in [0.15, 0.2) is 0 Å². The lowest BCUT2D eigenvalue weighted by Gasteiger charge is -2.22. The summed E-state index contributed by atoms with van der Waals surface area (Å²) in [5, 5.41) is 40.1. The van der Waals surface area contributed by atoms with Crippen LogP contribution in [0.5, 0.6) is 11.5 Å².